The molecule has 18 heavy (non-hydrogen) atoms. The van der Waals surface area contributed by atoms with Crippen LogP contribution in [0, 0.1) is 6.92 Å². The van der Waals surface area contributed by atoms with E-state index in [-0.39, 0.29) is 6.04 Å². The van der Waals surface area contributed by atoms with E-state index in [0.717, 1.165) is 11.4 Å². The highest BCUT2D eigenvalue weighted by Crippen LogP contribution is 2.22. The van der Waals surface area contributed by atoms with E-state index in [9.17, 15) is 4.79 Å². The molecule has 7 nitrogen and oxygen atoms in total. The fourth-order valence-corrected chi connectivity index (χ4v) is 1.98. The zero-order valence-electron chi connectivity index (χ0n) is 9.62. The molecule has 0 saturated heterocycles. The second-order valence-corrected chi connectivity index (χ2v) is 4.00. The third kappa shape index (κ3) is 1.52. The van der Waals surface area contributed by atoms with Gasteiger partial charge in [0.2, 0.25) is 5.78 Å². The minimum Gasteiger partial charge on any atom is -0.416 e. The number of rotatable bonds is 2. The van der Waals surface area contributed by atoms with Gasteiger partial charge in [-0.3, -0.25) is 9.20 Å². The number of carbonyl (C=O) groups excluding carboxylic acids is 1. The van der Waals surface area contributed by atoms with Gasteiger partial charge in [0.1, 0.15) is 12.3 Å². The van der Waals surface area contributed by atoms with Crippen LogP contribution in [0.2, 0.25) is 0 Å². The van der Waals surface area contributed by atoms with Crippen molar-refractivity contribution in [3.05, 3.63) is 41.7 Å². The summed E-state index contributed by atoms with van der Waals surface area (Å²) in [6.07, 6.45) is 6.47. The number of aromatic nitrogens is 3. The Bertz CT molecular complexity index is 661. The van der Waals surface area contributed by atoms with E-state index in [4.69, 9.17) is 10.6 Å². The van der Waals surface area contributed by atoms with E-state index in [1.807, 2.05) is 13.0 Å². The second kappa shape index (κ2) is 3.81. The van der Waals surface area contributed by atoms with Crippen molar-refractivity contribution >= 4 is 11.7 Å². The van der Waals surface area contributed by atoms with E-state index in [2.05, 4.69) is 15.4 Å². The molecule has 0 aromatic carbocycles. The summed E-state index contributed by atoms with van der Waals surface area (Å²) in [7, 11) is 0. The number of hydrogen-bond donors (Lipinski definition) is 2. The van der Waals surface area contributed by atoms with Gasteiger partial charge in [-0.05, 0) is 13.0 Å². The van der Waals surface area contributed by atoms with E-state index in [1.54, 1.807) is 16.9 Å². The van der Waals surface area contributed by atoms with Crippen molar-refractivity contribution in [2.45, 2.75) is 13.0 Å². The summed E-state index contributed by atoms with van der Waals surface area (Å²) in [6, 6.07) is -0.120. The first-order valence-electron chi connectivity index (χ1n) is 5.39. The molecule has 3 N–H and O–H groups in total. The van der Waals surface area contributed by atoms with Crippen LogP contribution in [0.25, 0.3) is 5.78 Å². The number of hydroxylamine groups is 1. The van der Waals surface area contributed by atoms with Gasteiger partial charge in [-0.1, -0.05) is 0 Å². The van der Waals surface area contributed by atoms with E-state index < -0.39 is 5.91 Å². The molecule has 0 fully saturated rings. The zero-order chi connectivity index (χ0) is 12.7. The minimum absolute atomic E-state index is 0.120. The lowest BCUT2D eigenvalue weighted by molar-refractivity contribution is 0.0999. The molecule has 1 unspecified atom stereocenters. The number of nitrogens with one attached hydrogen (secondary N) is 1. The average molecular weight is 245 g/mol. The molecule has 0 bridgehead atoms. The Hall–Kier alpha value is -2.41. The van der Waals surface area contributed by atoms with Crippen LogP contribution in [0.15, 0.2) is 24.7 Å². The number of carbonyl (C=O) groups is 1. The zero-order valence-corrected chi connectivity index (χ0v) is 9.62. The van der Waals surface area contributed by atoms with Crippen LogP contribution in [-0.2, 0) is 4.84 Å². The van der Waals surface area contributed by atoms with Gasteiger partial charge in [0, 0.05) is 12.4 Å². The minimum atomic E-state index is -0.520. The average Bonchev–Trinajstić information content (AvgIpc) is 2.93. The van der Waals surface area contributed by atoms with Crippen LogP contribution in [0.3, 0.4) is 0 Å². The van der Waals surface area contributed by atoms with Crippen LogP contribution in [0.5, 0.6) is 0 Å². The topological polar surface area (TPSA) is 94.5 Å². The number of primary amides is 1. The van der Waals surface area contributed by atoms with Gasteiger partial charge >= 0.3 is 0 Å². The molecule has 1 aliphatic heterocycles. The number of nitrogens with zero attached hydrogens (tertiary/aromatic N) is 3. The Balaban J connectivity index is 2.22. The molecule has 1 amide bonds. The van der Waals surface area contributed by atoms with Crippen molar-refractivity contribution in [1.82, 2.24) is 19.8 Å². The predicted molar refractivity (Wildman–Crippen MR) is 62.3 cm³/mol. The number of nitrogens with two attached hydrogens (primary N) is 1. The predicted octanol–water partition coefficient (Wildman–Crippen LogP) is 0.226. The smallest absolute Gasteiger partial charge is 0.251 e. The quantitative estimate of drug-likeness (QED) is 0.789. The van der Waals surface area contributed by atoms with Gasteiger partial charge in [0.25, 0.3) is 5.91 Å². The van der Waals surface area contributed by atoms with Crippen LogP contribution in [-0.4, -0.2) is 20.3 Å². The Kier molecular flexibility index (Phi) is 2.27. The number of aryl methyl sites for hydroxylation is 1. The molecule has 3 heterocycles. The molecule has 0 radical (unpaired) electrons. The summed E-state index contributed by atoms with van der Waals surface area (Å²) in [6.45, 7) is 1.88. The lowest BCUT2D eigenvalue weighted by Gasteiger charge is -2.09. The standard InChI is InChI=1S/C11H11N5O2/c1-6-9(8-2-3-18-15-8)16-5-7(10(12)17)4-13-11(16)14-6/h2-5,8,15H,1H3,(H2,12,17). The highest BCUT2D eigenvalue weighted by Gasteiger charge is 2.21. The lowest BCUT2D eigenvalue weighted by atomic mass is 10.2. The van der Waals surface area contributed by atoms with E-state index in [1.165, 1.54) is 6.20 Å². The first-order chi connectivity index (χ1) is 8.66. The van der Waals surface area contributed by atoms with E-state index in [0.29, 0.717) is 11.3 Å². The highest BCUT2D eigenvalue weighted by atomic mass is 16.6. The van der Waals surface area contributed by atoms with Crippen molar-refractivity contribution in [1.29, 1.82) is 0 Å². The first-order valence-corrected chi connectivity index (χ1v) is 5.39. The fraction of sp³-hybridized carbons (Fsp3) is 0.182. The number of imidazole rings is 1. The summed E-state index contributed by atoms with van der Waals surface area (Å²) in [5.74, 6) is 0.00229. The molecular formula is C11H11N5O2. The van der Waals surface area contributed by atoms with Crippen LogP contribution in [0.1, 0.15) is 27.8 Å². The van der Waals surface area contributed by atoms with Crippen molar-refractivity contribution in [2.24, 2.45) is 5.73 Å². The molecule has 7 heteroatoms. The molecule has 0 spiro atoms. The summed E-state index contributed by atoms with van der Waals surface area (Å²) in [4.78, 5) is 24.6. The molecule has 3 rings (SSSR count). The Morgan fingerprint density at radius 2 is 2.44 bits per heavy atom. The van der Waals surface area contributed by atoms with Gasteiger partial charge < -0.3 is 10.6 Å². The summed E-state index contributed by atoms with van der Waals surface area (Å²) in [5.41, 5.74) is 10.1. The molecule has 0 saturated carbocycles. The van der Waals surface area contributed by atoms with E-state index >= 15 is 0 Å². The molecular weight excluding hydrogens is 234 g/mol. The fourth-order valence-electron chi connectivity index (χ4n) is 1.98. The van der Waals surface area contributed by atoms with Gasteiger partial charge in [-0.25, -0.2) is 9.97 Å². The maximum absolute atomic E-state index is 11.2. The molecule has 1 atom stereocenters. The molecule has 2 aromatic heterocycles. The lowest BCUT2D eigenvalue weighted by Crippen LogP contribution is -2.17. The van der Waals surface area contributed by atoms with Gasteiger partial charge in [0.05, 0.1) is 17.0 Å². The van der Waals surface area contributed by atoms with Gasteiger partial charge in [-0.2, -0.15) is 0 Å². The molecule has 1 aliphatic rings. The maximum Gasteiger partial charge on any atom is 0.251 e. The molecule has 0 aliphatic carbocycles. The summed E-state index contributed by atoms with van der Waals surface area (Å²) in [5, 5.41) is 0. The normalized spacial score (nSPS) is 18.2. The second-order valence-electron chi connectivity index (χ2n) is 4.00. The van der Waals surface area contributed by atoms with Gasteiger partial charge in [-0.15, -0.1) is 5.48 Å². The van der Waals surface area contributed by atoms with Crippen molar-refractivity contribution in [3.63, 3.8) is 0 Å². The number of hydrogen-bond acceptors (Lipinski definition) is 5. The number of amides is 1. The summed E-state index contributed by atoms with van der Waals surface area (Å²) >= 11 is 0. The highest BCUT2D eigenvalue weighted by molar-refractivity contribution is 5.92. The largest absolute Gasteiger partial charge is 0.416 e. The Morgan fingerprint density at radius 1 is 1.61 bits per heavy atom. The third-order valence-electron chi connectivity index (χ3n) is 2.81. The van der Waals surface area contributed by atoms with Crippen LogP contribution in [0.4, 0.5) is 0 Å². The third-order valence-corrected chi connectivity index (χ3v) is 2.81. The number of fused-ring (bicyclic) bond motifs is 1. The first kappa shape index (κ1) is 10.7. The van der Waals surface area contributed by atoms with Crippen LogP contribution >= 0.6 is 0 Å². The molecule has 92 valence electrons. The monoisotopic (exact) mass is 245 g/mol. The molecule has 2 aromatic rings. The van der Waals surface area contributed by atoms with Crippen molar-refractivity contribution < 1.29 is 9.63 Å². The Labute approximate surface area is 102 Å². The van der Waals surface area contributed by atoms with Crippen LogP contribution < -0.4 is 11.2 Å². The SMILES string of the molecule is Cc1nc2ncc(C(N)=O)cn2c1C1C=CON1. The summed E-state index contributed by atoms with van der Waals surface area (Å²) < 4.78 is 1.74. The Morgan fingerprint density at radius 3 is 3.11 bits per heavy atom. The maximum atomic E-state index is 11.2. The van der Waals surface area contributed by atoms with Crippen molar-refractivity contribution in [3.8, 4) is 0 Å². The van der Waals surface area contributed by atoms with Crippen molar-refractivity contribution in [2.75, 3.05) is 0 Å². The van der Waals surface area contributed by atoms with Gasteiger partial charge in [0.15, 0.2) is 0 Å².